The summed E-state index contributed by atoms with van der Waals surface area (Å²) < 4.78 is 12.2. The Labute approximate surface area is 221 Å². The van der Waals surface area contributed by atoms with Crippen LogP contribution in [0.2, 0.25) is 10.0 Å². The molecule has 0 aliphatic rings. The van der Waals surface area contributed by atoms with Crippen LogP contribution in [0.15, 0.2) is 64.6 Å². The lowest BCUT2D eigenvalue weighted by Gasteiger charge is -2.15. The van der Waals surface area contributed by atoms with E-state index in [4.69, 9.17) is 32.7 Å². The molecule has 6 nitrogen and oxygen atoms in total. The van der Waals surface area contributed by atoms with Gasteiger partial charge in [0.05, 0.1) is 34.0 Å². The van der Waals surface area contributed by atoms with Gasteiger partial charge in [0.15, 0.2) is 11.5 Å². The molecule has 35 heavy (non-hydrogen) atoms. The third-order valence-electron chi connectivity index (χ3n) is 4.75. The van der Waals surface area contributed by atoms with Gasteiger partial charge in [-0.2, -0.15) is 10.5 Å². The van der Waals surface area contributed by atoms with Gasteiger partial charge >= 0.3 is 0 Å². The Balaban J connectivity index is 1.88. The standard InChI is InChI=1S/C26H18BrCl2N3O3/c1-2-34-23-11-18(10-19(14-31)26(33)32-22-9-5-8-21(28)25(22)29)20(27)12-24(23)35-15-17-7-4-3-6-16(17)13-30/h3-12H,2,15H2,1H3,(H,32,33)/b19-10-. The highest BCUT2D eigenvalue weighted by Crippen LogP contribution is 2.36. The third kappa shape index (κ3) is 6.55. The fourth-order valence-electron chi connectivity index (χ4n) is 3.05. The molecule has 0 fully saturated rings. The minimum Gasteiger partial charge on any atom is -0.490 e. The summed E-state index contributed by atoms with van der Waals surface area (Å²) in [6.45, 7) is 2.36. The summed E-state index contributed by atoms with van der Waals surface area (Å²) >= 11 is 15.6. The van der Waals surface area contributed by atoms with Crippen molar-refractivity contribution in [2.24, 2.45) is 0 Å². The number of hydrogen-bond donors (Lipinski definition) is 1. The maximum atomic E-state index is 12.7. The largest absolute Gasteiger partial charge is 0.490 e. The van der Waals surface area contributed by atoms with Crippen molar-refractivity contribution >= 4 is 56.8 Å². The molecule has 1 N–H and O–H groups in total. The molecule has 3 aromatic carbocycles. The van der Waals surface area contributed by atoms with E-state index in [2.05, 4.69) is 27.3 Å². The van der Waals surface area contributed by atoms with Gasteiger partial charge in [-0.15, -0.1) is 0 Å². The second-order valence-corrected chi connectivity index (χ2v) is 8.68. The Bertz CT molecular complexity index is 1380. The summed E-state index contributed by atoms with van der Waals surface area (Å²) in [6, 6.07) is 19.4. The van der Waals surface area contributed by atoms with Crippen LogP contribution in [0.1, 0.15) is 23.6 Å². The molecule has 0 saturated carbocycles. The molecule has 0 radical (unpaired) electrons. The van der Waals surface area contributed by atoms with Crippen molar-refractivity contribution in [1.82, 2.24) is 0 Å². The predicted octanol–water partition coefficient (Wildman–Crippen LogP) is 7.15. The molecular formula is C26H18BrCl2N3O3. The van der Waals surface area contributed by atoms with E-state index in [0.29, 0.717) is 39.4 Å². The average Bonchev–Trinajstić information content (AvgIpc) is 2.86. The van der Waals surface area contributed by atoms with Gasteiger partial charge in [-0.1, -0.05) is 63.4 Å². The monoisotopic (exact) mass is 569 g/mol. The molecule has 0 heterocycles. The summed E-state index contributed by atoms with van der Waals surface area (Å²) in [7, 11) is 0. The number of benzene rings is 3. The number of rotatable bonds is 8. The van der Waals surface area contributed by atoms with Crippen LogP contribution < -0.4 is 14.8 Å². The molecule has 0 aliphatic carbocycles. The Morgan fingerprint density at radius 2 is 1.83 bits per heavy atom. The second kappa shape index (κ2) is 12.3. The average molecular weight is 571 g/mol. The van der Waals surface area contributed by atoms with E-state index in [-0.39, 0.29) is 22.2 Å². The first-order valence-corrected chi connectivity index (χ1v) is 11.9. The maximum Gasteiger partial charge on any atom is 0.266 e. The van der Waals surface area contributed by atoms with Crippen LogP contribution in [0.3, 0.4) is 0 Å². The maximum absolute atomic E-state index is 12.7. The highest BCUT2D eigenvalue weighted by Gasteiger charge is 2.16. The molecule has 0 bridgehead atoms. The Kier molecular flexibility index (Phi) is 9.17. The second-order valence-electron chi connectivity index (χ2n) is 7.04. The van der Waals surface area contributed by atoms with Crippen molar-refractivity contribution in [2.45, 2.75) is 13.5 Å². The minimum absolute atomic E-state index is 0.152. The summed E-state index contributed by atoms with van der Waals surface area (Å²) in [5.74, 6) is 0.222. The van der Waals surface area contributed by atoms with Gasteiger partial charge in [0.1, 0.15) is 18.2 Å². The van der Waals surface area contributed by atoms with Gasteiger partial charge in [-0.25, -0.2) is 0 Å². The number of amides is 1. The smallest absolute Gasteiger partial charge is 0.266 e. The van der Waals surface area contributed by atoms with Crippen molar-refractivity contribution in [3.63, 3.8) is 0 Å². The van der Waals surface area contributed by atoms with Crippen LogP contribution in [-0.2, 0) is 11.4 Å². The molecule has 0 spiro atoms. The SMILES string of the molecule is CCOc1cc(/C=C(/C#N)C(=O)Nc2cccc(Cl)c2Cl)c(Br)cc1OCc1ccccc1C#N. The molecule has 3 rings (SSSR count). The number of halogens is 3. The molecule has 0 saturated heterocycles. The molecule has 9 heteroatoms. The van der Waals surface area contributed by atoms with Crippen molar-refractivity contribution < 1.29 is 14.3 Å². The number of nitrogens with zero attached hydrogens (tertiary/aromatic N) is 2. The lowest BCUT2D eigenvalue weighted by molar-refractivity contribution is -0.112. The summed E-state index contributed by atoms with van der Waals surface area (Å²) in [5, 5.41) is 22.0. The zero-order chi connectivity index (χ0) is 25.4. The molecule has 1 amide bonds. The first kappa shape index (κ1) is 26.1. The van der Waals surface area contributed by atoms with Gasteiger partial charge in [0.2, 0.25) is 0 Å². The van der Waals surface area contributed by atoms with Gasteiger partial charge in [0, 0.05) is 10.0 Å². The van der Waals surface area contributed by atoms with E-state index in [1.165, 1.54) is 6.08 Å². The number of carbonyl (C=O) groups is 1. The van der Waals surface area contributed by atoms with Gasteiger partial charge in [-0.05, 0) is 48.9 Å². The van der Waals surface area contributed by atoms with Crippen LogP contribution in [0, 0.1) is 22.7 Å². The summed E-state index contributed by atoms with van der Waals surface area (Å²) in [5.41, 5.74) is 1.93. The van der Waals surface area contributed by atoms with E-state index < -0.39 is 5.91 Å². The normalized spacial score (nSPS) is 10.7. The van der Waals surface area contributed by atoms with E-state index >= 15 is 0 Å². The first-order valence-electron chi connectivity index (χ1n) is 10.3. The molecule has 0 atom stereocenters. The van der Waals surface area contributed by atoms with E-state index in [0.717, 1.165) is 5.56 Å². The topological polar surface area (TPSA) is 95.1 Å². The van der Waals surface area contributed by atoms with Gasteiger partial charge in [-0.3, -0.25) is 4.79 Å². The molecule has 176 valence electrons. The number of anilines is 1. The summed E-state index contributed by atoms with van der Waals surface area (Å²) in [6.07, 6.45) is 1.43. The number of hydrogen-bond acceptors (Lipinski definition) is 5. The van der Waals surface area contributed by atoms with Crippen LogP contribution in [0.5, 0.6) is 11.5 Å². The highest BCUT2D eigenvalue weighted by molar-refractivity contribution is 9.10. The lowest BCUT2D eigenvalue weighted by Crippen LogP contribution is -2.13. The van der Waals surface area contributed by atoms with Gasteiger partial charge < -0.3 is 14.8 Å². The zero-order valence-electron chi connectivity index (χ0n) is 18.4. The van der Waals surface area contributed by atoms with Crippen molar-refractivity contribution in [2.75, 3.05) is 11.9 Å². The molecule has 0 aliphatic heterocycles. The fourth-order valence-corrected chi connectivity index (χ4v) is 3.83. The quantitative estimate of drug-likeness (QED) is 0.229. The Morgan fingerprint density at radius 3 is 2.54 bits per heavy atom. The van der Waals surface area contributed by atoms with Crippen molar-refractivity contribution in [3.8, 4) is 23.6 Å². The Hall–Kier alpha value is -3.49. The van der Waals surface area contributed by atoms with Crippen LogP contribution in [-0.4, -0.2) is 12.5 Å². The number of nitriles is 2. The molecule has 0 aromatic heterocycles. The van der Waals surface area contributed by atoms with Crippen LogP contribution in [0.25, 0.3) is 6.08 Å². The molecular weight excluding hydrogens is 553 g/mol. The van der Waals surface area contributed by atoms with E-state index in [1.807, 2.05) is 25.1 Å². The van der Waals surface area contributed by atoms with Crippen LogP contribution >= 0.6 is 39.1 Å². The number of carbonyl (C=O) groups excluding carboxylic acids is 1. The predicted molar refractivity (Wildman–Crippen MR) is 139 cm³/mol. The molecule has 0 unspecified atom stereocenters. The minimum atomic E-state index is -0.644. The van der Waals surface area contributed by atoms with Crippen molar-refractivity contribution in [1.29, 1.82) is 10.5 Å². The fraction of sp³-hybridized carbons (Fsp3) is 0.115. The number of nitrogens with one attached hydrogen (secondary N) is 1. The van der Waals surface area contributed by atoms with Crippen molar-refractivity contribution in [3.05, 3.63) is 91.4 Å². The Morgan fingerprint density at radius 1 is 1.09 bits per heavy atom. The highest BCUT2D eigenvalue weighted by atomic mass is 79.9. The van der Waals surface area contributed by atoms with E-state index in [1.54, 1.807) is 42.5 Å². The first-order chi connectivity index (χ1) is 16.9. The van der Waals surface area contributed by atoms with E-state index in [9.17, 15) is 15.3 Å². The zero-order valence-corrected chi connectivity index (χ0v) is 21.5. The third-order valence-corrected chi connectivity index (χ3v) is 6.25. The van der Waals surface area contributed by atoms with Crippen LogP contribution in [0.4, 0.5) is 5.69 Å². The lowest BCUT2D eigenvalue weighted by atomic mass is 10.1. The summed E-state index contributed by atoms with van der Waals surface area (Å²) in [4.78, 5) is 12.7. The molecule has 3 aromatic rings. The van der Waals surface area contributed by atoms with Gasteiger partial charge in [0.25, 0.3) is 5.91 Å². The number of ether oxygens (including phenoxy) is 2.